The van der Waals surface area contributed by atoms with Gasteiger partial charge >= 0.3 is 0 Å². The number of para-hydroxylation sites is 2. The number of hydrogen-bond donors (Lipinski definition) is 0. The van der Waals surface area contributed by atoms with Gasteiger partial charge in [0.1, 0.15) is 5.52 Å². The zero-order chi connectivity index (χ0) is 35.6. The number of rotatable bonds is 8. The molecule has 53 heavy (non-hydrogen) atoms. The van der Waals surface area contributed by atoms with Gasteiger partial charge in [0, 0.05) is 22.6 Å². The molecule has 0 radical (unpaired) electrons. The molecule has 0 atom stereocenters. The number of anilines is 3. The SMILES string of the molecule is Cc1ccc(-c2ccc3nc(-c4ccc(-c5ccccc5-c5ccccc5-c5ccc(N(c6ccccc6)c6ccccc6)cc5)cc4)oc3c2)cc1. The minimum absolute atomic E-state index is 0.618. The molecule has 0 aliphatic rings. The second-order valence-electron chi connectivity index (χ2n) is 13.3. The molecular weight excluding hydrogens is 645 g/mol. The van der Waals surface area contributed by atoms with Crippen molar-refractivity contribution in [1.29, 1.82) is 0 Å². The van der Waals surface area contributed by atoms with Gasteiger partial charge in [0.2, 0.25) is 5.89 Å². The van der Waals surface area contributed by atoms with Crippen molar-refractivity contribution >= 4 is 28.2 Å². The van der Waals surface area contributed by atoms with Gasteiger partial charge in [-0.05, 0) is 112 Å². The van der Waals surface area contributed by atoms with E-state index in [9.17, 15) is 0 Å². The number of benzene rings is 8. The first-order valence-corrected chi connectivity index (χ1v) is 18.0. The number of oxazole rings is 1. The van der Waals surface area contributed by atoms with Crippen molar-refractivity contribution in [2.24, 2.45) is 0 Å². The molecule has 0 aliphatic carbocycles. The molecule has 3 heteroatoms. The predicted octanol–water partition coefficient (Wildman–Crippen LogP) is 13.9. The summed E-state index contributed by atoms with van der Waals surface area (Å²) in [5.41, 5.74) is 16.5. The van der Waals surface area contributed by atoms with Crippen LogP contribution in [-0.4, -0.2) is 4.98 Å². The first-order chi connectivity index (χ1) is 26.2. The Morgan fingerprint density at radius 2 is 0.811 bits per heavy atom. The summed E-state index contributed by atoms with van der Waals surface area (Å²) in [6.45, 7) is 2.10. The molecule has 1 heterocycles. The third-order valence-corrected chi connectivity index (χ3v) is 9.83. The molecule has 3 nitrogen and oxygen atoms in total. The summed E-state index contributed by atoms with van der Waals surface area (Å²) in [6, 6.07) is 70.6. The average Bonchev–Trinajstić information content (AvgIpc) is 3.66. The van der Waals surface area contributed by atoms with Crippen LogP contribution in [0.15, 0.2) is 205 Å². The smallest absolute Gasteiger partial charge is 0.227 e. The van der Waals surface area contributed by atoms with E-state index in [2.05, 4.69) is 206 Å². The van der Waals surface area contributed by atoms with Gasteiger partial charge in [-0.25, -0.2) is 4.98 Å². The molecule has 252 valence electrons. The number of aryl methyl sites for hydroxylation is 1. The standard InChI is InChI=1S/C50H36N2O/c1-35-20-22-36(23-21-35)40-30-33-48-49(34-40)53-50(51-48)39-26-24-37(25-27-39)44-16-8-10-18-46(44)47-19-11-9-17-45(47)38-28-31-43(32-29-38)52(41-12-4-2-5-13-41)42-14-6-3-7-15-42/h2-34H,1H3. The minimum atomic E-state index is 0.618. The molecule has 9 aromatic rings. The Balaban J connectivity index is 1.02. The Morgan fingerprint density at radius 3 is 1.38 bits per heavy atom. The van der Waals surface area contributed by atoms with E-state index in [4.69, 9.17) is 9.40 Å². The van der Waals surface area contributed by atoms with Crippen LogP contribution in [0, 0.1) is 6.92 Å². The third-order valence-electron chi connectivity index (χ3n) is 9.83. The largest absolute Gasteiger partial charge is 0.436 e. The van der Waals surface area contributed by atoms with Crippen LogP contribution in [0.1, 0.15) is 5.56 Å². The van der Waals surface area contributed by atoms with Crippen LogP contribution < -0.4 is 4.90 Å². The monoisotopic (exact) mass is 680 g/mol. The Kier molecular flexibility index (Phi) is 8.43. The lowest BCUT2D eigenvalue weighted by Crippen LogP contribution is -2.09. The first kappa shape index (κ1) is 32.0. The van der Waals surface area contributed by atoms with Crippen molar-refractivity contribution in [3.63, 3.8) is 0 Å². The van der Waals surface area contributed by atoms with Crippen molar-refractivity contribution in [3.8, 4) is 56.0 Å². The maximum Gasteiger partial charge on any atom is 0.227 e. The van der Waals surface area contributed by atoms with Gasteiger partial charge in [-0.15, -0.1) is 0 Å². The zero-order valence-corrected chi connectivity index (χ0v) is 29.4. The summed E-state index contributed by atoms with van der Waals surface area (Å²) in [4.78, 5) is 7.12. The molecule has 0 spiro atoms. The first-order valence-electron chi connectivity index (χ1n) is 18.0. The Labute approximate surface area is 310 Å². The fourth-order valence-electron chi connectivity index (χ4n) is 7.10. The lowest BCUT2D eigenvalue weighted by molar-refractivity contribution is 0.620. The van der Waals surface area contributed by atoms with Crippen LogP contribution in [0.25, 0.3) is 67.1 Å². The Bertz CT molecular complexity index is 2600. The Morgan fingerprint density at radius 1 is 0.377 bits per heavy atom. The highest BCUT2D eigenvalue weighted by Crippen LogP contribution is 2.41. The molecule has 0 bridgehead atoms. The molecule has 0 amide bonds. The van der Waals surface area contributed by atoms with Gasteiger partial charge in [0.25, 0.3) is 0 Å². The maximum absolute atomic E-state index is 6.30. The summed E-state index contributed by atoms with van der Waals surface area (Å²) >= 11 is 0. The fourth-order valence-corrected chi connectivity index (χ4v) is 7.10. The summed E-state index contributed by atoms with van der Waals surface area (Å²) in [5.74, 6) is 0.618. The summed E-state index contributed by atoms with van der Waals surface area (Å²) in [7, 11) is 0. The normalized spacial score (nSPS) is 11.1. The summed E-state index contributed by atoms with van der Waals surface area (Å²) in [5, 5.41) is 0. The number of fused-ring (bicyclic) bond motifs is 1. The van der Waals surface area contributed by atoms with Gasteiger partial charge in [-0.1, -0.05) is 145 Å². The van der Waals surface area contributed by atoms with Gasteiger partial charge in [0.15, 0.2) is 5.58 Å². The molecule has 0 unspecified atom stereocenters. The topological polar surface area (TPSA) is 29.3 Å². The van der Waals surface area contributed by atoms with Crippen molar-refractivity contribution in [2.75, 3.05) is 4.90 Å². The second-order valence-corrected chi connectivity index (χ2v) is 13.3. The number of aromatic nitrogens is 1. The third kappa shape index (κ3) is 6.41. The van der Waals surface area contributed by atoms with Crippen molar-refractivity contribution < 1.29 is 4.42 Å². The highest BCUT2D eigenvalue weighted by Gasteiger charge is 2.16. The molecule has 0 aliphatic heterocycles. The van der Waals surface area contributed by atoms with E-state index < -0.39 is 0 Å². The average molecular weight is 681 g/mol. The van der Waals surface area contributed by atoms with Crippen LogP contribution in [-0.2, 0) is 0 Å². The highest BCUT2D eigenvalue weighted by molar-refractivity contribution is 5.92. The molecule has 0 saturated carbocycles. The predicted molar refractivity (Wildman–Crippen MR) is 221 cm³/mol. The van der Waals surface area contributed by atoms with Gasteiger partial charge < -0.3 is 9.32 Å². The molecule has 0 saturated heterocycles. The van der Waals surface area contributed by atoms with E-state index in [0.717, 1.165) is 56.0 Å². The quantitative estimate of drug-likeness (QED) is 0.160. The summed E-state index contributed by atoms with van der Waals surface area (Å²) < 4.78 is 6.30. The van der Waals surface area contributed by atoms with E-state index in [1.165, 1.54) is 27.8 Å². The molecule has 1 aromatic heterocycles. The van der Waals surface area contributed by atoms with Crippen LogP contribution >= 0.6 is 0 Å². The lowest BCUT2D eigenvalue weighted by atomic mass is 9.89. The fraction of sp³-hybridized carbons (Fsp3) is 0.0200. The Hall–Kier alpha value is -6.97. The maximum atomic E-state index is 6.30. The van der Waals surface area contributed by atoms with E-state index in [1.54, 1.807) is 0 Å². The molecular formula is C50H36N2O. The minimum Gasteiger partial charge on any atom is -0.436 e. The summed E-state index contributed by atoms with van der Waals surface area (Å²) in [6.07, 6.45) is 0. The number of nitrogens with zero attached hydrogens (tertiary/aromatic N) is 2. The van der Waals surface area contributed by atoms with Crippen molar-refractivity contribution in [1.82, 2.24) is 4.98 Å². The molecule has 9 rings (SSSR count). The van der Waals surface area contributed by atoms with Gasteiger partial charge in [-0.3, -0.25) is 0 Å². The van der Waals surface area contributed by atoms with Crippen LogP contribution in [0.2, 0.25) is 0 Å². The molecule has 0 fully saturated rings. The molecule has 8 aromatic carbocycles. The van der Waals surface area contributed by atoms with Crippen molar-refractivity contribution in [3.05, 3.63) is 206 Å². The van der Waals surface area contributed by atoms with Crippen LogP contribution in [0.5, 0.6) is 0 Å². The van der Waals surface area contributed by atoms with E-state index in [1.807, 2.05) is 6.07 Å². The van der Waals surface area contributed by atoms with E-state index >= 15 is 0 Å². The van der Waals surface area contributed by atoms with Crippen molar-refractivity contribution in [2.45, 2.75) is 6.92 Å². The molecule has 0 N–H and O–H groups in total. The van der Waals surface area contributed by atoms with E-state index in [-0.39, 0.29) is 0 Å². The lowest BCUT2D eigenvalue weighted by Gasteiger charge is -2.25. The second kappa shape index (κ2) is 14.0. The zero-order valence-electron chi connectivity index (χ0n) is 29.4. The van der Waals surface area contributed by atoms with Gasteiger partial charge in [0.05, 0.1) is 0 Å². The number of hydrogen-bond acceptors (Lipinski definition) is 3. The van der Waals surface area contributed by atoms with Gasteiger partial charge in [-0.2, -0.15) is 0 Å². The highest BCUT2D eigenvalue weighted by atomic mass is 16.3. The van der Waals surface area contributed by atoms with E-state index in [0.29, 0.717) is 5.89 Å². The van der Waals surface area contributed by atoms with Crippen LogP contribution in [0.4, 0.5) is 17.1 Å². The van der Waals surface area contributed by atoms with Crippen LogP contribution in [0.3, 0.4) is 0 Å².